The maximum absolute atomic E-state index is 11.0. The molecule has 2 saturated carbocycles. The Morgan fingerprint density at radius 2 is 2.21 bits per heavy atom. The average molecular weight is 194 g/mol. The van der Waals surface area contributed by atoms with Gasteiger partial charge in [-0.15, -0.1) is 0 Å². The summed E-state index contributed by atoms with van der Waals surface area (Å²) >= 11 is 0. The third kappa shape index (κ3) is 1.04. The first-order valence-corrected chi connectivity index (χ1v) is 5.82. The van der Waals surface area contributed by atoms with Crippen molar-refractivity contribution >= 4 is 6.29 Å². The van der Waals surface area contributed by atoms with E-state index >= 15 is 0 Å². The minimum atomic E-state index is -0.468. The predicted molar refractivity (Wildman–Crippen MR) is 53.0 cm³/mol. The quantitative estimate of drug-likeness (QED) is 0.599. The smallest absolute Gasteiger partial charge is 0.151 e. The van der Waals surface area contributed by atoms with Crippen LogP contribution in [0.15, 0.2) is 0 Å². The van der Waals surface area contributed by atoms with Crippen LogP contribution in [-0.4, -0.2) is 17.5 Å². The molecule has 14 heavy (non-hydrogen) atoms. The molecule has 1 saturated heterocycles. The van der Waals surface area contributed by atoms with Gasteiger partial charge in [-0.1, -0.05) is 0 Å². The molecule has 0 aromatic rings. The highest BCUT2D eigenvalue weighted by atomic mass is 16.5. The van der Waals surface area contributed by atoms with Crippen molar-refractivity contribution in [3.05, 3.63) is 0 Å². The van der Waals surface area contributed by atoms with Gasteiger partial charge in [0.25, 0.3) is 0 Å². The van der Waals surface area contributed by atoms with Crippen molar-refractivity contribution in [1.82, 2.24) is 0 Å². The van der Waals surface area contributed by atoms with E-state index in [9.17, 15) is 4.79 Å². The number of hydrogen-bond donors (Lipinski definition) is 0. The molecule has 3 rings (SSSR count). The zero-order valence-electron chi connectivity index (χ0n) is 8.79. The fourth-order valence-electron chi connectivity index (χ4n) is 3.93. The highest BCUT2D eigenvalue weighted by Crippen LogP contribution is 2.58. The van der Waals surface area contributed by atoms with Crippen LogP contribution in [0.25, 0.3) is 0 Å². The summed E-state index contributed by atoms with van der Waals surface area (Å²) in [6.07, 6.45) is 8.36. The van der Waals surface area contributed by atoms with E-state index < -0.39 is 5.60 Å². The Labute approximate surface area is 85.0 Å². The minimum Gasteiger partial charge on any atom is -0.361 e. The molecule has 1 aliphatic heterocycles. The van der Waals surface area contributed by atoms with Crippen LogP contribution in [0, 0.1) is 11.8 Å². The van der Waals surface area contributed by atoms with Crippen LogP contribution in [-0.2, 0) is 9.53 Å². The summed E-state index contributed by atoms with van der Waals surface area (Å²) in [7, 11) is 0. The molecule has 0 radical (unpaired) electrons. The molecule has 0 N–H and O–H groups in total. The van der Waals surface area contributed by atoms with E-state index in [1.807, 2.05) is 6.92 Å². The lowest BCUT2D eigenvalue weighted by molar-refractivity contribution is -0.145. The zero-order valence-corrected chi connectivity index (χ0v) is 8.79. The molecule has 2 heteroatoms. The second-order valence-corrected chi connectivity index (χ2v) is 5.68. The molecule has 1 spiro atoms. The van der Waals surface area contributed by atoms with Gasteiger partial charge in [0.2, 0.25) is 0 Å². The van der Waals surface area contributed by atoms with Crippen LogP contribution in [0.2, 0.25) is 0 Å². The second kappa shape index (κ2) is 2.60. The summed E-state index contributed by atoms with van der Waals surface area (Å²) < 4.78 is 6.11. The molecule has 2 aliphatic carbocycles. The van der Waals surface area contributed by atoms with Crippen LogP contribution in [0.1, 0.15) is 45.4 Å². The molecule has 78 valence electrons. The molecule has 0 aromatic heterocycles. The van der Waals surface area contributed by atoms with Crippen LogP contribution in [0.5, 0.6) is 0 Å². The molecule has 1 heterocycles. The lowest BCUT2D eigenvalue weighted by Crippen LogP contribution is -2.39. The van der Waals surface area contributed by atoms with Crippen molar-refractivity contribution in [3.8, 4) is 0 Å². The lowest BCUT2D eigenvalue weighted by atomic mass is 9.82. The Balaban J connectivity index is 1.84. The van der Waals surface area contributed by atoms with Crippen molar-refractivity contribution in [1.29, 1.82) is 0 Å². The summed E-state index contributed by atoms with van der Waals surface area (Å²) in [4.78, 5) is 11.0. The van der Waals surface area contributed by atoms with Gasteiger partial charge < -0.3 is 9.53 Å². The van der Waals surface area contributed by atoms with Gasteiger partial charge in [0, 0.05) is 0 Å². The monoisotopic (exact) mass is 194 g/mol. The van der Waals surface area contributed by atoms with E-state index in [0.717, 1.165) is 31.0 Å². The standard InChI is InChI=1S/C12H18O2/c1-11(8-13)4-5-12(14-11)7-9-2-3-10(12)6-9/h8-10H,2-7H2,1H3. The Bertz CT molecular complexity index is 275. The van der Waals surface area contributed by atoms with Crippen molar-refractivity contribution in [2.75, 3.05) is 0 Å². The van der Waals surface area contributed by atoms with Gasteiger partial charge in [0.1, 0.15) is 5.60 Å². The molecule has 2 bridgehead atoms. The number of ether oxygens (including phenoxy) is 1. The number of aldehydes is 1. The number of carbonyl (C=O) groups excluding carboxylic acids is 1. The number of rotatable bonds is 1. The molecule has 0 amide bonds. The van der Waals surface area contributed by atoms with Crippen LogP contribution in [0.4, 0.5) is 0 Å². The minimum absolute atomic E-state index is 0.110. The van der Waals surface area contributed by atoms with Crippen molar-refractivity contribution in [2.45, 2.75) is 56.7 Å². The largest absolute Gasteiger partial charge is 0.361 e. The molecule has 3 aliphatic rings. The number of hydrogen-bond acceptors (Lipinski definition) is 2. The lowest BCUT2D eigenvalue weighted by Gasteiger charge is -2.35. The van der Waals surface area contributed by atoms with E-state index in [1.54, 1.807) is 0 Å². The van der Waals surface area contributed by atoms with Crippen molar-refractivity contribution in [3.63, 3.8) is 0 Å². The van der Waals surface area contributed by atoms with Gasteiger partial charge in [0.05, 0.1) is 5.60 Å². The summed E-state index contributed by atoms with van der Waals surface area (Å²) in [6.45, 7) is 1.95. The molecular weight excluding hydrogens is 176 g/mol. The van der Waals surface area contributed by atoms with Gasteiger partial charge in [-0.3, -0.25) is 0 Å². The van der Waals surface area contributed by atoms with E-state index in [0.29, 0.717) is 0 Å². The van der Waals surface area contributed by atoms with E-state index in [1.165, 1.54) is 25.7 Å². The normalized spacial score (nSPS) is 55.8. The summed E-state index contributed by atoms with van der Waals surface area (Å²) in [5, 5.41) is 0. The van der Waals surface area contributed by atoms with Crippen molar-refractivity contribution in [2.24, 2.45) is 11.8 Å². The molecule has 4 unspecified atom stereocenters. The van der Waals surface area contributed by atoms with Crippen LogP contribution in [0.3, 0.4) is 0 Å². The van der Waals surface area contributed by atoms with Crippen LogP contribution < -0.4 is 0 Å². The third-order valence-corrected chi connectivity index (χ3v) is 4.65. The number of fused-ring (bicyclic) bond motifs is 3. The number of carbonyl (C=O) groups is 1. The molecule has 2 nitrogen and oxygen atoms in total. The third-order valence-electron chi connectivity index (χ3n) is 4.65. The maximum Gasteiger partial charge on any atom is 0.151 e. The fourth-order valence-corrected chi connectivity index (χ4v) is 3.93. The summed E-state index contributed by atoms with van der Waals surface area (Å²) in [5.74, 6) is 1.66. The van der Waals surface area contributed by atoms with Gasteiger partial charge >= 0.3 is 0 Å². The first-order chi connectivity index (χ1) is 6.66. The maximum atomic E-state index is 11.0. The Morgan fingerprint density at radius 1 is 1.36 bits per heavy atom. The van der Waals surface area contributed by atoms with E-state index in [4.69, 9.17) is 4.74 Å². The molecule has 4 atom stereocenters. The Morgan fingerprint density at radius 3 is 2.71 bits per heavy atom. The zero-order chi connectivity index (χ0) is 9.81. The van der Waals surface area contributed by atoms with Crippen molar-refractivity contribution < 1.29 is 9.53 Å². The first kappa shape index (κ1) is 8.90. The second-order valence-electron chi connectivity index (χ2n) is 5.68. The van der Waals surface area contributed by atoms with E-state index in [-0.39, 0.29) is 5.60 Å². The molecule has 3 fully saturated rings. The Kier molecular flexibility index (Phi) is 1.65. The molecule has 0 aromatic carbocycles. The SMILES string of the molecule is CC1(C=O)CCC2(CC3CCC2C3)O1. The van der Waals surface area contributed by atoms with Crippen LogP contribution >= 0.6 is 0 Å². The molecular formula is C12H18O2. The fraction of sp³-hybridized carbons (Fsp3) is 0.917. The average Bonchev–Trinajstić information content (AvgIpc) is 2.82. The van der Waals surface area contributed by atoms with Gasteiger partial charge in [-0.25, -0.2) is 0 Å². The summed E-state index contributed by atoms with van der Waals surface area (Å²) in [6, 6.07) is 0. The van der Waals surface area contributed by atoms with Gasteiger partial charge in [0.15, 0.2) is 6.29 Å². The highest BCUT2D eigenvalue weighted by molar-refractivity contribution is 5.62. The summed E-state index contributed by atoms with van der Waals surface area (Å²) in [5.41, 5.74) is -0.358. The van der Waals surface area contributed by atoms with Gasteiger partial charge in [-0.05, 0) is 57.3 Å². The van der Waals surface area contributed by atoms with Gasteiger partial charge in [-0.2, -0.15) is 0 Å². The Hall–Kier alpha value is -0.370. The topological polar surface area (TPSA) is 26.3 Å². The van der Waals surface area contributed by atoms with E-state index in [2.05, 4.69) is 0 Å². The first-order valence-electron chi connectivity index (χ1n) is 5.82. The predicted octanol–water partition coefficient (Wildman–Crippen LogP) is 2.31. The highest BCUT2D eigenvalue weighted by Gasteiger charge is 2.57.